The largest absolute Gasteiger partial charge is 0.318 e. The molecule has 2 rings (SSSR count). The van der Waals surface area contributed by atoms with E-state index in [0.29, 0.717) is 0 Å². The monoisotopic (exact) mass is 270 g/mol. The van der Waals surface area contributed by atoms with Crippen LogP contribution in [0.15, 0.2) is 30.3 Å². The number of rotatable bonds is 6. The van der Waals surface area contributed by atoms with Crippen molar-refractivity contribution in [2.45, 2.75) is 47.1 Å². The van der Waals surface area contributed by atoms with Crippen LogP contribution >= 0.6 is 0 Å². The van der Waals surface area contributed by atoms with Crippen LogP contribution in [0.1, 0.15) is 42.3 Å². The van der Waals surface area contributed by atoms with E-state index in [2.05, 4.69) is 67.9 Å². The van der Waals surface area contributed by atoms with Crippen molar-refractivity contribution < 1.29 is 0 Å². The molecule has 108 valence electrons. The van der Waals surface area contributed by atoms with Crippen LogP contribution in [0.4, 0.5) is 0 Å². The summed E-state index contributed by atoms with van der Waals surface area (Å²) in [5, 5.41) is 3.53. The molecular formula is C18H26N2. The Labute approximate surface area is 122 Å². The standard InChI is InChI=1S/C18H26N2/c1-5-6-10-19-13-17-12-15(3)20(16(17)4)18-9-7-8-14(2)11-18/h7-9,11-12,19H,5-6,10,13H2,1-4H3. The van der Waals surface area contributed by atoms with Gasteiger partial charge >= 0.3 is 0 Å². The van der Waals surface area contributed by atoms with Gasteiger partial charge in [-0.05, 0) is 63.1 Å². The molecule has 1 aromatic carbocycles. The van der Waals surface area contributed by atoms with E-state index < -0.39 is 0 Å². The Morgan fingerprint density at radius 2 is 1.90 bits per heavy atom. The third-order valence-electron chi connectivity index (χ3n) is 3.82. The van der Waals surface area contributed by atoms with Gasteiger partial charge in [-0.25, -0.2) is 0 Å². The molecule has 0 atom stereocenters. The van der Waals surface area contributed by atoms with Gasteiger partial charge in [0.15, 0.2) is 0 Å². The minimum Gasteiger partial charge on any atom is -0.318 e. The molecule has 0 fully saturated rings. The van der Waals surface area contributed by atoms with Crippen molar-refractivity contribution in [2.75, 3.05) is 6.54 Å². The van der Waals surface area contributed by atoms with E-state index >= 15 is 0 Å². The van der Waals surface area contributed by atoms with Gasteiger partial charge in [0.25, 0.3) is 0 Å². The first-order valence-corrected chi connectivity index (χ1v) is 7.59. The first-order chi connectivity index (χ1) is 9.63. The molecule has 0 spiro atoms. The van der Waals surface area contributed by atoms with Crippen LogP contribution in [-0.4, -0.2) is 11.1 Å². The van der Waals surface area contributed by atoms with Gasteiger partial charge in [-0.15, -0.1) is 0 Å². The van der Waals surface area contributed by atoms with Crippen LogP contribution in [0.3, 0.4) is 0 Å². The molecule has 0 saturated carbocycles. The highest BCUT2D eigenvalue weighted by atomic mass is 15.0. The van der Waals surface area contributed by atoms with Crippen molar-refractivity contribution >= 4 is 0 Å². The van der Waals surface area contributed by atoms with Gasteiger partial charge in [-0.2, -0.15) is 0 Å². The van der Waals surface area contributed by atoms with Gasteiger partial charge in [0.05, 0.1) is 0 Å². The van der Waals surface area contributed by atoms with Crippen molar-refractivity contribution in [3.8, 4) is 5.69 Å². The molecule has 0 aliphatic heterocycles. The van der Waals surface area contributed by atoms with E-state index in [1.807, 2.05) is 0 Å². The number of nitrogens with one attached hydrogen (secondary N) is 1. The lowest BCUT2D eigenvalue weighted by Crippen LogP contribution is -2.14. The van der Waals surface area contributed by atoms with Gasteiger partial charge in [-0.3, -0.25) is 0 Å². The maximum atomic E-state index is 3.53. The number of hydrogen-bond acceptors (Lipinski definition) is 1. The number of nitrogens with zero attached hydrogens (tertiary/aromatic N) is 1. The van der Waals surface area contributed by atoms with Crippen molar-refractivity contribution in [3.05, 3.63) is 52.8 Å². The smallest absolute Gasteiger partial charge is 0.0457 e. The molecular weight excluding hydrogens is 244 g/mol. The summed E-state index contributed by atoms with van der Waals surface area (Å²) in [5.41, 5.74) is 6.62. The summed E-state index contributed by atoms with van der Waals surface area (Å²) >= 11 is 0. The second kappa shape index (κ2) is 6.76. The van der Waals surface area contributed by atoms with Gasteiger partial charge in [0.1, 0.15) is 0 Å². The van der Waals surface area contributed by atoms with E-state index in [1.165, 1.54) is 41.0 Å². The molecule has 0 radical (unpaired) electrons. The number of aryl methyl sites for hydroxylation is 2. The normalized spacial score (nSPS) is 11.0. The highest BCUT2D eigenvalue weighted by molar-refractivity contribution is 5.42. The quantitative estimate of drug-likeness (QED) is 0.775. The van der Waals surface area contributed by atoms with Crippen LogP contribution in [-0.2, 0) is 6.54 Å². The molecule has 20 heavy (non-hydrogen) atoms. The molecule has 1 aromatic heterocycles. The molecule has 1 heterocycles. The molecule has 0 aliphatic rings. The molecule has 0 amide bonds. The Morgan fingerprint density at radius 1 is 1.10 bits per heavy atom. The minimum atomic E-state index is 0.964. The lowest BCUT2D eigenvalue weighted by molar-refractivity contribution is 0.639. The zero-order chi connectivity index (χ0) is 14.5. The molecule has 2 heteroatoms. The van der Waals surface area contributed by atoms with Crippen molar-refractivity contribution in [1.82, 2.24) is 9.88 Å². The van der Waals surface area contributed by atoms with E-state index in [0.717, 1.165) is 13.1 Å². The summed E-state index contributed by atoms with van der Waals surface area (Å²) in [6.45, 7) is 10.8. The fourth-order valence-corrected chi connectivity index (χ4v) is 2.70. The summed E-state index contributed by atoms with van der Waals surface area (Å²) in [6, 6.07) is 11.0. The third kappa shape index (κ3) is 3.31. The van der Waals surface area contributed by atoms with E-state index in [4.69, 9.17) is 0 Å². The molecule has 2 nitrogen and oxygen atoms in total. The van der Waals surface area contributed by atoms with Crippen LogP contribution in [0.5, 0.6) is 0 Å². The SMILES string of the molecule is CCCCNCc1cc(C)n(-c2cccc(C)c2)c1C. The van der Waals surface area contributed by atoms with Crippen molar-refractivity contribution in [3.63, 3.8) is 0 Å². The number of aromatic nitrogens is 1. The molecule has 2 aromatic rings. The molecule has 0 unspecified atom stereocenters. The highest BCUT2D eigenvalue weighted by Crippen LogP contribution is 2.21. The van der Waals surface area contributed by atoms with Crippen LogP contribution in [0, 0.1) is 20.8 Å². The first-order valence-electron chi connectivity index (χ1n) is 7.59. The first kappa shape index (κ1) is 14.9. The number of unbranched alkanes of at least 4 members (excludes halogenated alkanes) is 1. The van der Waals surface area contributed by atoms with Gasteiger partial charge < -0.3 is 9.88 Å². The Kier molecular flexibility index (Phi) is 5.02. The zero-order valence-electron chi connectivity index (χ0n) is 13.2. The molecule has 1 N–H and O–H groups in total. The van der Waals surface area contributed by atoms with Crippen LogP contribution in [0.25, 0.3) is 5.69 Å². The highest BCUT2D eigenvalue weighted by Gasteiger charge is 2.10. The number of hydrogen-bond donors (Lipinski definition) is 1. The topological polar surface area (TPSA) is 17.0 Å². The van der Waals surface area contributed by atoms with Crippen molar-refractivity contribution in [2.24, 2.45) is 0 Å². The van der Waals surface area contributed by atoms with Gasteiger partial charge in [0, 0.05) is 23.6 Å². The maximum Gasteiger partial charge on any atom is 0.0457 e. The Balaban J connectivity index is 2.20. The summed E-state index contributed by atoms with van der Waals surface area (Å²) in [4.78, 5) is 0. The molecule has 0 aliphatic carbocycles. The third-order valence-corrected chi connectivity index (χ3v) is 3.82. The minimum absolute atomic E-state index is 0.964. The summed E-state index contributed by atoms with van der Waals surface area (Å²) < 4.78 is 2.35. The Hall–Kier alpha value is -1.54. The molecule has 0 bridgehead atoms. The zero-order valence-corrected chi connectivity index (χ0v) is 13.2. The fourth-order valence-electron chi connectivity index (χ4n) is 2.70. The Morgan fingerprint density at radius 3 is 2.60 bits per heavy atom. The average molecular weight is 270 g/mol. The number of benzene rings is 1. The summed E-state index contributed by atoms with van der Waals surface area (Å²) in [6.07, 6.45) is 2.49. The van der Waals surface area contributed by atoms with E-state index in [-0.39, 0.29) is 0 Å². The fraction of sp³-hybridized carbons (Fsp3) is 0.444. The van der Waals surface area contributed by atoms with Crippen molar-refractivity contribution in [1.29, 1.82) is 0 Å². The predicted octanol–water partition coefficient (Wildman–Crippen LogP) is 4.29. The van der Waals surface area contributed by atoms with Crippen LogP contribution < -0.4 is 5.32 Å². The van der Waals surface area contributed by atoms with Crippen LogP contribution in [0.2, 0.25) is 0 Å². The maximum absolute atomic E-state index is 3.53. The predicted molar refractivity (Wildman–Crippen MR) is 86.6 cm³/mol. The summed E-state index contributed by atoms with van der Waals surface area (Å²) in [5.74, 6) is 0. The summed E-state index contributed by atoms with van der Waals surface area (Å²) in [7, 11) is 0. The average Bonchev–Trinajstić information content (AvgIpc) is 2.70. The van der Waals surface area contributed by atoms with E-state index in [1.54, 1.807) is 0 Å². The van der Waals surface area contributed by atoms with Gasteiger partial charge in [-0.1, -0.05) is 25.5 Å². The van der Waals surface area contributed by atoms with E-state index in [9.17, 15) is 0 Å². The second-order valence-corrected chi connectivity index (χ2v) is 5.60. The second-order valence-electron chi connectivity index (χ2n) is 5.60. The Bertz CT molecular complexity index is 567. The lowest BCUT2D eigenvalue weighted by atomic mass is 10.2. The molecule has 0 saturated heterocycles. The lowest BCUT2D eigenvalue weighted by Gasteiger charge is -2.11. The van der Waals surface area contributed by atoms with Gasteiger partial charge in [0.2, 0.25) is 0 Å².